The summed E-state index contributed by atoms with van der Waals surface area (Å²) < 4.78 is 22.8. The third-order valence-corrected chi connectivity index (χ3v) is 6.42. The molecule has 172 valence electrons. The molecule has 0 bridgehead atoms. The molecule has 3 heterocycles. The molecule has 3 fully saturated rings. The monoisotopic (exact) mass is 432 g/mol. The third-order valence-electron chi connectivity index (χ3n) is 6.42. The number of methoxy groups -OCH3 is 1. The lowest BCUT2D eigenvalue weighted by Gasteiger charge is -2.39. The lowest BCUT2D eigenvalue weighted by molar-refractivity contribution is -0.0817. The highest BCUT2D eigenvalue weighted by atomic mass is 16.5. The highest BCUT2D eigenvalue weighted by Gasteiger charge is 2.32. The van der Waals surface area contributed by atoms with Crippen molar-refractivity contribution in [1.82, 2.24) is 15.1 Å². The topological polar surface area (TPSA) is 67.8 Å². The van der Waals surface area contributed by atoms with Crippen molar-refractivity contribution in [3.8, 4) is 5.75 Å². The van der Waals surface area contributed by atoms with E-state index in [1.54, 1.807) is 7.11 Å². The Morgan fingerprint density at radius 2 is 1.87 bits per heavy atom. The molecule has 0 radical (unpaired) electrons. The Labute approximate surface area is 185 Å². The van der Waals surface area contributed by atoms with Crippen LogP contribution in [0, 0.1) is 0 Å². The molecule has 0 amide bonds. The molecule has 8 heteroatoms. The minimum Gasteiger partial charge on any atom is -0.497 e. The molecule has 3 aliphatic rings. The summed E-state index contributed by atoms with van der Waals surface area (Å²) in [5.74, 6) is 1.81. The van der Waals surface area contributed by atoms with E-state index < -0.39 is 0 Å². The first-order valence-electron chi connectivity index (χ1n) is 11.4. The zero-order valence-corrected chi connectivity index (χ0v) is 18.8. The number of ether oxygens (including phenoxy) is 4. The normalized spacial score (nSPS) is 26.6. The van der Waals surface area contributed by atoms with Crippen LogP contribution >= 0.6 is 0 Å². The van der Waals surface area contributed by atoms with Crippen LogP contribution < -0.4 is 10.1 Å². The Bertz CT molecular complexity index is 702. The molecule has 8 nitrogen and oxygen atoms in total. The van der Waals surface area contributed by atoms with Crippen molar-refractivity contribution >= 4 is 5.96 Å². The Morgan fingerprint density at radius 1 is 1.10 bits per heavy atom. The van der Waals surface area contributed by atoms with E-state index in [0.29, 0.717) is 6.61 Å². The number of nitrogens with zero attached hydrogens (tertiary/aromatic N) is 3. The highest BCUT2D eigenvalue weighted by molar-refractivity contribution is 5.80. The molecule has 3 saturated heterocycles. The fraction of sp³-hybridized carbons (Fsp3) is 0.696. The fourth-order valence-corrected chi connectivity index (χ4v) is 4.68. The molecule has 3 unspecified atom stereocenters. The molecule has 3 aliphatic heterocycles. The van der Waals surface area contributed by atoms with E-state index in [1.807, 2.05) is 19.2 Å². The third kappa shape index (κ3) is 5.68. The molecule has 0 spiro atoms. The van der Waals surface area contributed by atoms with Crippen LogP contribution in [0.15, 0.2) is 29.3 Å². The second kappa shape index (κ2) is 11.1. The van der Waals surface area contributed by atoms with Crippen LogP contribution in [-0.4, -0.2) is 101 Å². The Balaban J connectivity index is 1.41. The van der Waals surface area contributed by atoms with Gasteiger partial charge in [-0.05, 0) is 30.5 Å². The molecule has 3 atom stereocenters. The number of nitrogens with one attached hydrogen (secondary N) is 1. The van der Waals surface area contributed by atoms with Gasteiger partial charge >= 0.3 is 0 Å². The summed E-state index contributed by atoms with van der Waals surface area (Å²) in [7, 11) is 3.56. The van der Waals surface area contributed by atoms with Gasteiger partial charge in [-0.15, -0.1) is 0 Å². The average Bonchev–Trinajstić information content (AvgIpc) is 3.38. The first-order chi connectivity index (χ1) is 15.3. The standard InChI is InChI=1S/C23H36N4O4/c1-24-23(27-11-15-31-22(17-27)21-4-3-12-30-21)25-16-20(26-9-13-29-14-10-26)18-5-7-19(28-2)8-6-18/h5-8,20-22H,3-4,9-17H2,1-2H3,(H,24,25). The Kier molecular flexibility index (Phi) is 8.02. The second-order valence-electron chi connectivity index (χ2n) is 8.27. The van der Waals surface area contributed by atoms with E-state index in [2.05, 4.69) is 32.2 Å². The van der Waals surface area contributed by atoms with Gasteiger partial charge in [-0.3, -0.25) is 9.89 Å². The molecule has 1 aromatic carbocycles. The molecule has 0 aliphatic carbocycles. The van der Waals surface area contributed by atoms with Gasteiger partial charge in [0.25, 0.3) is 0 Å². The van der Waals surface area contributed by atoms with E-state index in [0.717, 1.165) is 77.1 Å². The van der Waals surface area contributed by atoms with Gasteiger partial charge < -0.3 is 29.2 Å². The van der Waals surface area contributed by atoms with Gasteiger partial charge in [-0.25, -0.2) is 0 Å². The van der Waals surface area contributed by atoms with Crippen LogP contribution in [0.2, 0.25) is 0 Å². The maximum Gasteiger partial charge on any atom is 0.193 e. The molecule has 1 N–H and O–H groups in total. The zero-order chi connectivity index (χ0) is 21.5. The summed E-state index contributed by atoms with van der Waals surface area (Å²) in [5.41, 5.74) is 1.27. The predicted octanol–water partition coefficient (Wildman–Crippen LogP) is 1.52. The summed E-state index contributed by atoms with van der Waals surface area (Å²) >= 11 is 0. The lowest BCUT2D eigenvalue weighted by Crippen LogP contribution is -2.54. The van der Waals surface area contributed by atoms with Crippen molar-refractivity contribution in [3.63, 3.8) is 0 Å². The second-order valence-corrected chi connectivity index (χ2v) is 8.27. The quantitative estimate of drug-likeness (QED) is 0.540. The SMILES string of the molecule is CN=C(NCC(c1ccc(OC)cc1)N1CCOCC1)N1CCOC(C2CCCO2)C1. The number of benzene rings is 1. The molecule has 0 aromatic heterocycles. The first-order valence-corrected chi connectivity index (χ1v) is 11.4. The fourth-order valence-electron chi connectivity index (χ4n) is 4.68. The van der Waals surface area contributed by atoms with Crippen LogP contribution in [0.4, 0.5) is 0 Å². The number of rotatable bonds is 6. The van der Waals surface area contributed by atoms with Crippen LogP contribution in [0.5, 0.6) is 5.75 Å². The molecule has 0 saturated carbocycles. The molecule has 4 rings (SSSR count). The molecule has 31 heavy (non-hydrogen) atoms. The highest BCUT2D eigenvalue weighted by Crippen LogP contribution is 2.24. The number of morpholine rings is 2. The summed E-state index contributed by atoms with van der Waals surface area (Å²) in [6.45, 7) is 7.38. The van der Waals surface area contributed by atoms with Gasteiger partial charge in [0.05, 0.1) is 39.1 Å². The van der Waals surface area contributed by atoms with Crippen LogP contribution in [0.3, 0.4) is 0 Å². The van der Waals surface area contributed by atoms with Crippen molar-refractivity contribution in [2.45, 2.75) is 31.1 Å². The summed E-state index contributed by atoms with van der Waals surface area (Å²) in [4.78, 5) is 9.37. The van der Waals surface area contributed by atoms with Crippen molar-refractivity contribution in [1.29, 1.82) is 0 Å². The zero-order valence-electron chi connectivity index (χ0n) is 18.8. The molecular weight excluding hydrogens is 396 g/mol. The summed E-state index contributed by atoms with van der Waals surface area (Å²) in [6.07, 6.45) is 2.54. The minimum atomic E-state index is 0.117. The Hall–Kier alpha value is -1.87. The van der Waals surface area contributed by atoms with E-state index in [4.69, 9.17) is 18.9 Å². The van der Waals surface area contributed by atoms with Crippen LogP contribution in [0.1, 0.15) is 24.4 Å². The first kappa shape index (κ1) is 22.3. The maximum atomic E-state index is 6.02. The summed E-state index contributed by atoms with van der Waals surface area (Å²) in [6, 6.07) is 8.62. The number of guanidine groups is 1. The smallest absolute Gasteiger partial charge is 0.193 e. The summed E-state index contributed by atoms with van der Waals surface area (Å²) in [5, 5.41) is 3.64. The van der Waals surface area contributed by atoms with Gasteiger partial charge in [0.1, 0.15) is 11.9 Å². The average molecular weight is 433 g/mol. The van der Waals surface area contributed by atoms with Crippen molar-refractivity contribution < 1.29 is 18.9 Å². The van der Waals surface area contributed by atoms with Gasteiger partial charge in [0.15, 0.2) is 5.96 Å². The van der Waals surface area contributed by atoms with Crippen molar-refractivity contribution in [2.24, 2.45) is 4.99 Å². The molecular formula is C23H36N4O4. The van der Waals surface area contributed by atoms with E-state index in [9.17, 15) is 0 Å². The van der Waals surface area contributed by atoms with Gasteiger partial charge in [0.2, 0.25) is 0 Å². The van der Waals surface area contributed by atoms with Gasteiger partial charge in [-0.2, -0.15) is 0 Å². The minimum absolute atomic E-state index is 0.117. The lowest BCUT2D eigenvalue weighted by atomic mass is 10.0. The van der Waals surface area contributed by atoms with Crippen LogP contribution in [0.25, 0.3) is 0 Å². The molecule has 1 aromatic rings. The largest absolute Gasteiger partial charge is 0.497 e. The van der Waals surface area contributed by atoms with E-state index >= 15 is 0 Å². The van der Waals surface area contributed by atoms with Crippen molar-refractivity contribution in [2.75, 3.05) is 73.3 Å². The number of hydrogen-bond acceptors (Lipinski definition) is 6. The van der Waals surface area contributed by atoms with Gasteiger partial charge in [0, 0.05) is 46.4 Å². The van der Waals surface area contributed by atoms with Crippen LogP contribution in [-0.2, 0) is 14.2 Å². The number of hydrogen-bond donors (Lipinski definition) is 1. The number of aliphatic imine (C=N–C) groups is 1. The maximum absolute atomic E-state index is 6.02. The Morgan fingerprint density at radius 3 is 2.55 bits per heavy atom. The van der Waals surface area contributed by atoms with E-state index in [1.165, 1.54) is 5.56 Å². The predicted molar refractivity (Wildman–Crippen MR) is 120 cm³/mol. The van der Waals surface area contributed by atoms with Gasteiger partial charge in [-0.1, -0.05) is 12.1 Å². The van der Waals surface area contributed by atoms with E-state index in [-0.39, 0.29) is 18.2 Å². The van der Waals surface area contributed by atoms with Crippen molar-refractivity contribution in [3.05, 3.63) is 29.8 Å².